The maximum absolute atomic E-state index is 13.5. The first-order chi connectivity index (χ1) is 16.4. The van der Waals surface area contributed by atoms with Gasteiger partial charge in [-0.05, 0) is 47.3 Å². The molecule has 34 heavy (non-hydrogen) atoms. The van der Waals surface area contributed by atoms with E-state index in [4.69, 9.17) is 9.47 Å². The van der Waals surface area contributed by atoms with Crippen molar-refractivity contribution in [2.45, 2.75) is 12.5 Å². The van der Waals surface area contributed by atoms with E-state index in [1.807, 2.05) is 29.6 Å². The van der Waals surface area contributed by atoms with Crippen LogP contribution >= 0.6 is 11.3 Å². The molecule has 2 amide bonds. The fourth-order valence-corrected chi connectivity index (χ4v) is 4.56. The maximum Gasteiger partial charge on any atom is 0.262 e. The van der Waals surface area contributed by atoms with E-state index in [0.717, 1.165) is 22.2 Å². The highest BCUT2D eigenvalue weighted by Crippen LogP contribution is 2.38. The van der Waals surface area contributed by atoms with Gasteiger partial charge in [0, 0.05) is 19.0 Å². The van der Waals surface area contributed by atoms with Gasteiger partial charge in [0.05, 0.1) is 30.9 Å². The zero-order valence-electron chi connectivity index (χ0n) is 19.0. The molecule has 1 atom stereocenters. The molecule has 4 rings (SSSR count). The molecule has 176 valence electrons. The Morgan fingerprint density at radius 2 is 1.91 bits per heavy atom. The van der Waals surface area contributed by atoms with Gasteiger partial charge in [0.2, 0.25) is 0 Å². The van der Waals surface area contributed by atoms with Gasteiger partial charge in [0.15, 0.2) is 11.5 Å². The third-order valence-corrected chi connectivity index (χ3v) is 6.47. The van der Waals surface area contributed by atoms with Crippen LogP contribution in [0.3, 0.4) is 0 Å². The van der Waals surface area contributed by atoms with Crippen LogP contribution in [0.4, 0.5) is 4.39 Å². The van der Waals surface area contributed by atoms with Crippen LogP contribution in [0.15, 0.2) is 65.1 Å². The summed E-state index contributed by atoms with van der Waals surface area (Å²) in [5, 5.41) is 8.01. The molecule has 1 aromatic heterocycles. The number of halogens is 1. The van der Waals surface area contributed by atoms with Gasteiger partial charge in [0.1, 0.15) is 12.4 Å². The first kappa shape index (κ1) is 23.4. The number of rotatable bonds is 7. The lowest BCUT2D eigenvalue weighted by molar-refractivity contribution is -0.133. The third kappa shape index (κ3) is 4.79. The van der Waals surface area contributed by atoms with Crippen molar-refractivity contribution in [3.63, 3.8) is 0 Å². The minimum atomic E-state index is -0.510. The second kappa shape index (κ2) is 10.0. The molecule has 0 saturated heterocycles. The Labute approximate surface area is 201 Å². The van der Waals surface area contributed by atoms with E-state index in [1.165, 1.54) is 35.2 Å². The Morgan fingerprint density at radius 3 is 2.59 bits per heavy atom. The number of nitrogens with zero attached hydrogens (tertiary/aromatic N) is 3. The van der Waals surface area contributed by atoms with Crippen LogP contribution in [0.25, 0.3) is 0 Å². The Bertz CT molecular complexity index is 1230. The predicted molar refractivity (Wildman–Crippen MR) is 128 cm³/mol. The van der Waals surface area contributed by atoms with E-state index in [0.29, 0.717) is 17.9 Å². The molecule has 3 aromatic rings. The van der Waals surface area contributed by atoms with Crippen molar-refractivity contribution in [2.75, 3.05) is 27.8 Å². The molecule has 0 bridgehead atoms. The number of methoxy groups -OCH3 is 2. The molecule has 1 aliphatic rings. The van der Waals surface area contributed by atoms with Gasteiger partial charge in [-0.25, -0.2) is 9.40 Å². The summed E-state index contributed by atoms with van der Waals surface area (Å²) < 4.78 is 24.3. The van der Waals surface area contributed by atoms with Crippen LogP contribution in [0.2, 0.25) is 0 Å². The van der Waals surface area contributed by atoms with Crippen LogP contribution in [-0.4, -0.2) is 55.2 Å². The van der Waals surface area contributed by atoms with E-state index in [1.54, 1.807) is 31.6 Å². The fraction of sp³-hybridized carbons (Fsp3) is 0.240. The second-order valence-electron chi connectivity index (χ2n) is 7.77. The van der Waals surface area contributed by atoms with Crippen LogP contribution in [0.5, 0.6) is 11.5 Å². The molecule has 0 N–H and O–H groups in total. The van der Waals surface area contributed by atoms with Gasteiger partial charge in [0.25, 0.3) is 11.8 Å². The molecule has 9 heteroatoms. The third-order valence-electron chi connectivity index (χ3n) is 5.55. The van der Waals surface area contributed by atoms with Crippen molar-refractivity contribution >= 4 is 28.9 Å². The molecule has 7 nitrogen and oxygen atoms in total. The molecular weight excluding hydrogens is 457 g/mol. The average molecular weight is 482 g/mol. The van der Waals surface area contributed by atoms with Gasteiger partial charge in [-0.3, -0.25) is 9.59 Å². The van der Waals surface area contributed by atoms with Crippen LogP contribution in [0.1, 0.15) is 33.3 Å². The number of carbonyl (C=O) groups is 2. The first-order valence-electron chi connectivity index (χ1n) is 10.6. The molecule has 0 radical (unpaired) electrons. The summed E-state index contributed by atoms with van der Waals surface area (Å²) in [5.41, 5.74) is 1.80. The van der Waals surface area contributed by atoms with Crippen LogP contribution in [-0.2, 0) is 4.79 Å². The molecular formula is C25H24FN3O4S. The van der Waals surface area contributed by atoms with Gasteiger partial charge in [-0.1, -0.05) is 18.2 Å². The SMILES string of the molecule is COc1ccc([C@H]2CC(c3cccs3)=NN2C(=O)CN(C)C(=O)c2cccc(F)c2)cc1OC. The van der Waals surface area contributed by atoms with Crippen molar-refractivity contribution in [1.82, 2.24) is 9.91 Å². The van der Waals surface area contributed by atoms with E-state index >= 15 is 0 Å². The summed E-state index contributed by atoms with van der Waals surface area (Å²) in [5.74, 6) is -0.170. The van der Waals surface area contributed by atoms with Crippen molar-refractivity contribution < 1.29 is 23.5 Å². The van der Waals surface area contributed by atoms with Gasteiger partial charge in [-0.15, -0.1) is 11.3 Å². The Kier molecular flexibility index (Phi) is 6.93. The summed E-state index contributed by atoms with van der Waals surface area (Å²) >= 11 is 1.55. The first-order valence-corrected chi connectivity index (χ1v) is 11.5. The monoisotopic (exact) mass is 481 g/mol. The summed E-state index contributed by atoms with van der Waals surface area (Å²) in [7, 11) is 4.63. The van der Waals surface area contributed by atoms with Gasteiger partial charge in [-0.2, -0.15) is 5.10 Å². The van der Waals surface area contributed by atoms with Gasteiger partial charge >= 0.3 is 0 Å². The van der Waals surface area contributed by atoms with E-state index < -0.39 is 11.7 Å². The lowest BCUT2D eigenvalue weighted by Crippen LogP contribution is -2.39. The molecule has 0 unspecified atom stereocenters. The number of thiophene rings is 1. The standard InChI is InChI=1S/C25H24FN3O4S/c1-28(25(31)17-6-4-7-18(26)12-17)15-24(30)29-20(14-19(27-29)23-8-5-11-34-23)16-9-10-21(32-2)22(13-16)33-3/h4-13,20H,14-15H2,1-3H3/t20-/m1/s1. The van der Waals surface area contributed by atoms with Crippen molar-refractivity contribution in [3.05, 3.63) is 81.8 Å². The largest absolute Gasteiger partial charge is 0.493 e. The maximum atomic E-state index is 13.5. The quantitative estimate of drug-likeness (QED) is 0.503. The van der Waals surface area contributed by atoms with E-state index in [-0.39, 0.29) is 24.1 Å². The van der Waals surface area contributed by atoms with Crippen molar-refractivity contribution in [1.29, 1.82) is 0 Å². The number of hydrogen-bond acceptors (Lipinski definition) is 6. The predicted octanol–water partition coefficient (Wildman–Crippen LogP) is 4.35. The molecule has 0 fully saturated rings. The number of likely N-dealkylation sites (N-methyl/N-ethyl adjacent to an activating group) is 1. The summed E-state index contributed by atoms with van der Waals surface area (Å²) in [4.78, 5) is 28.3. The zero-order valence-corrected chi connectivity index (χ0v) is 19.8. The lowest BCUT2D eigenvalue weighted by Gasteiger charge is -2.25. The minimum Gasteiger partial charge on any atom is -0.493 e. The Balaban J connectivity index is 1.60. The molecule has 0 saturated carbocycles. The normalized spacial score (nSPS) is 15.1. The minimum absolute atomic E-state index is 0.177. The zero-order chi connectivity index (χ0) is 24.2. The topological polar surface area (TPSA) is 71.4 Å². The molecule has 1 aliphatic heterocycles. The molecule has 0 aliphatic carbocycles. The van der Waals surface area contributed by atoms with E-state index in [2.05, 4.69) is 5.10 Å². The summed E-state index contributed by atoms with van der Waals surface area (Å²) in [6.45, 7) is -0.208. The molecule has 2 aromatic carbocycles. The Hall–Kier alpha value is -3.72. The number of benzene rings is 2. The second-order valence-corrected chi connectivity index (χ2v) is 8.72. The number of amides is 2. The smallest absolute Gasteiger partial charge is 0.262 e. The Morgan fingerprint density at radius 1 is 1.12 bits per heavy atom. The van der Waals surface area contributed by atoms with Crippen molar-refractivity contribution in [2.24, 2.45) is 5.10 Å². The molecule has 2 heterocycles. The number of hydrazone groups is 1. The summed E-state index contributed by atoms with van der Waals surface area (Å²) in [6, 6.07) is 14.4. The average Bonchev–Trinajstić information content (AvgIpc) is 3.53. The van der Waals surface area contributed by atoms with Gasteiger partial charge < -0.3 is 14.4 Å². The highest BCUT2D eigenvalue weighted by molar-refractivity contribution is 7.12. The van der Waals surface area contributed by atoms with E-state index in [9.17, 15) is 14.0 Å². The summed E-state index contributed by atoms with van der Waals surface area (Å²) in [6.07, 6.45) is 0.517. The van der Waals surface area contributed by atoms with Crippen LogP contribution < -0.4 is 9.47 Å². The highest BCUT2D eigenvalue weighted by atomic mass is 32.1. The molecule has 0 spiro atoms. The van der Waals surface area contributed by atoms with Crippen LogP contribution in [0, 0.1) is 5.82 Å². The number of carbonyl (C=O) groups excluding carboxylic acids is 2. The number of hydrogen-bond donors (Lipinski definition) is 0. The van der Waals surface area contributed by atoms with Crippen molar-refractivity contribution in [3.8, 4) is 11.5 Å². The lowest BCUT2D eigenvalue weighted by atomic mass is 10.0. The fourth-order valence-electron chi connectivity index (χ4n) is 3.84. The highest BCUT2D eigenvalue weighted by Gasteiger charge is 2.34. The number of ether oxygens (including phenoxy) is 2.